The van der Waals surface area contributed by atoms with E-state index in [9.17, 15) is 4.79 Å². The van der Waals surface area contributed by atoms with Crippen LogP contribution < -0.4 is 5.32 Å². The zero-order valence-corrected chi connectivity index (χ0v) is 18.0. The first kappa shape index (κ1) is 20.1. The van der Waals surface area contributed by atoms with Crippen molar-refractivity contribution in [2.75, 3.05) is 5.75 Å². The van der Waals surface area contributed by atoms with Crippen LogP contribution in [0.1, 0.15) is 29.7 Å². The summed E-state index contributed by atoms with van der Waals surface area (Å²) in [5.74, 6) is 0.177. The molecule has 1 aromatic heterocycles. The lowest BCUT2D eigenvalue weighted by Crippen LogP contribution is -2.28. The van der Waals surface area contributed by atoms with E-state index in [0.717, 1.165) is 27.6 Å². The second-order valence-corrected chi connectivity index (χ2v) is 8.25. The molecule has 152 valence electrons. The Balaban J connectivity index is 1.44. The lowest BCUT2D eigenvalue weighted by molar-refractivity contribution is -0.119. The molecule has 1 N–H and O–H groups in total. The first-order valence-electron chi connectivity index (χ1n) is 9.79. The predicted octanol–water partition coefficient (Wildman–Crippen LogP) is 4.40. The molecular weight excluding hydrogens is 394 g/mol. The van der Waals surface area contributed by atoms with Crippen LogP contribution >= 0.6 is 11.8 Å². The summed E-state index contributed by atoms with van der Waals surface area (Å²) in [7, 11) is 0. The normalized spacial score (nSPS) is 12.1. The van der Waals surface area contributed by atoms with Gasteiger partial charge in [0.15, 0.2) is 0 Å². The van der Waals surface area contributed by atoms with E-state index in [1.165, 1.54) is 17.3 Å². The largest absolute Gasteiger partial charge is 0.349 e. The molecule has 0 saturated carbocycles. The summed E-state index contributed by atoms with van der Waals surface area (Å²) < 4.78 is 1.68. The van der Waals surface area contributed by atoms with E-state index in [4.69, 9.17) is 0 Å². The molecule has 0 spiro atoms. The summed E-state index contributed by atoms with van der Waals surface area (Å²) in [4.78, 5) is 12.6. The van der Waals surface area contributed by atoms with Gasteiger partial charge in [-0.25, -0.2) is 0 Å². The fourth-order valence-electron chi connectivity index (χ4n) is 3.58. The monoisotopic (exact) mass is 417 g/mol. The maximum Gasteiger partial charge on any atom is 0.230 e. The Morgan fingerprint density at radius 1 is 1.10 bits per heavy atom. The number of aromatic nitrogens is 4. The fraction of sp³-hybridized carbons (Fsp3) is 0.217. The van der Waals surface area contributed by atoms with Gasteiger partial charge in [-0.3, -0.25) is 4.79 Å². The van der Waals surface area contributed by atoms with E-state index < -0.39 is 0 Å². The smallest absolute Gasteiger partial charge is 0.230 e. The fourth-order valence-corrected chi connectivity index (χ4v) is 4.28. The molecule has 0 radical (unpaired) electrons. The number of tetrazole rings is 1. The summed E-state index contributed by atoms with van der Waals surface area (Å²) in [6, 6.07) is 20.4. The van der Waals surface area contributed by atoms with Crippen LogP contribution in [0.4, 0.5) is 0 Å². The Labute approximate surface area is 179 Å². The molecule has 3 aromatic carbocycles. The number of hydrogen-bond acceptors (Lipinski definition) is 5. The summed E-state index contributed by atoms with van der Waals surface area (Å²) in [6.45, 7) is 6.08. The molecule has 30 heavy (non-hydrogen) atoms. The number of hydrogen-bond donors (Lipinski definition) is 1. The molecular formula is C23H23N5OS. The number of carbonyl (C=O) groups is 1. The van der Waals surface area contributed by atoms with E-state index in [0.29, 0.717) is 5.16 Å². The van der Waals surface area contributed by atoms with Gasteiger partial charge < -0.3 is 5.32 Å². The minimum absolute atomic E-state index is 0.0596. The van der Waals surface area contributed by atoms with Crippen molar-refractivity contribution in [2.45, 2.75) is 32.0 Å². The van der Waals surface area contributed by atoms with E-state index >= 15 is 0 Å². The molecule has 0 bridgehead atoms. The van der Waals surface area contributed by atoms with Crippen molar-refractivity contribution >= 4 is 28.4 Å². The Bertz CT molecular complexity index is 1200. The van der Waals surface area contributed by atoms with Gasteiger partial charge in [-0.2, -0.15) is 4.68 Å². The Kier molecular flexibility index (Phi) is 5.81. The Morgan fingerprint density at radius 2 is 1.90 bits per heavy atom. The summed E-state index contributed by atoms with van der Waals surface area (Å²) in [6.07, 6.45) is 0. The second-order valence-electron chi connectivity index (χ2n) is 7.31. The number of fused-ring (bicyclic) bond motifs is 1. The van der Waals surface area contributed by atoms with Gasteiger partial charge in [-0.05, 0) is 59.2 Å². The van der Waals surface area contributed by atoms with E-state index in [-0.39, 0.29) is 17.7 Å². The lowest BCUT2D eigenvalue weighted by Gasteiger charge is -2.16. The van der Waals surface area contributed by atoms with Crippen molar-refractivity contribution in [1.29, 1.82) is 0 Å². The molecule has 7 heteroatoms. The average molecular weight is 418 g/mol. The number of thioether (sulfide) groups is 1. The molecule has 0 unspecified atom stereocenters. The third kappa shape index (κ3) is 4.21. The topological polar surface area (TPSA) is 72.7 Å². The SMILES string of the molecule is Cc1ccc(-n2nnnc2SCC(=O)N[C@@H](C)c2cccc3ccccc23)c(C)c1. The molecule has 0 aliphatic carbocycles. The third-order valence-electron chi connectivity index (χ3n) is 5.02. The number of carbonyl (C=O) groups excluding carboxylic acids is 1. The maximum absolute atomic E-state index is 12.6. The Hall–Kier alpha value is -3.19. The number of nitrogens with zero attached hydrogens (tertiary/aromatic N) is 4. The van der Waals surface area contributed by atoms with E-state index in [1.54, 1.807) is 4.68 Å². The number of rotatable bonds is 6. The Morgan fingerprint density at radius 3 is 2.73 bits per heavy atom. The quantitative estimate of drug-likeness (QED) is 0.471. The van der Waals surface area contributed by atoms with Crippen LogP contribution in [0.2, 0.25) is 0 Å². The first-order valence-corrected chi connectivity index (χ1v) is 10.8. The molecule has 4 rings (SSSR count). The molecule has 0 saturated heterocycles. The van der Waals surface area contributed by atoms with Crippen LogP contribution in [0.25, 0.3) is 16.5 Å². The standard InChI is InChI=1S/C23H23N5OS/c1-15-11-12-21(16(2)13-15)28-23(25-26-27-28)30-14-22(29)24-17(3)19-10-6-8-18-7-4-5-9-20(18)19/h4-13,17H,14H2,1-3H3,(H,24,29)/t17-/m0/s1. The number of benzene rings is 3. The zero-order chi connectivity index (χ0) is 21.1. The van der Waals surface area contributed by atoms with Crippen LogP contribution in [0.15, 0.2) is 65.8 Å². The van der Waals surface area contributed by atoms with Gasteiger partial charge in [0.05, 0.1) is 17.5 Å². The van der Waals surface area contributed by atoms with Gasteiger partial charge in [0.1, 0.15) is 0 Å². The molecule has 0 aliphatic heterocycles. The molecule has 6 nitrogen and oxygen atoms in total. The highest BCUT2D eigenvalue weighted by molar-refractivity contribution is 7.99. The van der Waals surface area contributed by atoms with Crippen LogP contribution in [0, 0.1) is 13.8 Å². The summed E-state index contributed by atoms with van der Waals surface area (Å²) in [5.41, 5.74) is 4.28. The van der Waals surface area contributed by atoms with Crippen molar-refractivity contribution in [2.24, 2.45) is 0 Å². The van der Waals surface area contributed by atoms with Gasteiger partial charge in [0, 0.05) is 0 Å². The molecule has 4 aromatic rings. The van der Waals surface area contributed by atoms with E-state index in [1.807, 2.05) is 51.1 Å². The second kappa shape index (κ2) is 8.67. The summed E-state index contributed by atoms with van der Waals surface area (Å²) >= 11 is 1.33. The van der Waals surface area contributed by atoms with Crippen molar-refractivity contribution in [3.8, 4) is 5.69 Å². The molecule has 1 atom stereocenters. The average Bonchev–Trinajstić information content (AvgIpc) is 3.20. The number of aryl methyl sites for hydroxylation is 2. The first-order chi connectivity index (χ1) is 14.5. The zero-order valence-electron chi connectivity index (χ0n) is 17.2. The third-order valence-corrected chi connectivity index (χ3v) is 5.94. The molecule has 1 heterocycles. The lowest BCUT2D eigenvalue weighted by atomic mass is 10.00. The number of nitrogens with one attached hydrogen (secondary N) is 1. The van der Waals surface area contributed by atoms with Gasteiger partial charge in [-0.15, -0.1) is 5.10 Å². The number of amides is 1. The summed E-state index contributed by atoms with van der Waals surface area (Å²) in [5, 5.41) is 18.0. The van der Waals surface area contributed by atoms with Gasteiger partial charge in [0.2, 0.25) is 11.1 Å². The minimum atomic E-state index is -0.0977. The van der Waals surface area contributed by atoms with Crippen LogP contribution in [-0.2, 0) is 4.79 Å². The highest BCUT2D eigenvalue weighted by Crippen LogP contribution is 2.25. The maximum atomic E-state index is 12.6. The molecule has 1 amide bonds. The van der Waals surface area contributed by atoms with Crippen molar-refractivity contribution in [3.05, 3.63) is 77.4 Å². The molecule has 0 fully saturated rings. The van der Waals surface area contributed by atoms with Crippen molar-refractivity contribution < 1.29 is 4.79 Å². The van der Waals surface area contributed by atoms with Gasteiger partial charge >= 0.3 is 0 Å². The minimum Gasteiger partial charge on any atom is -0.349 e. The van der Waals surface area contributed by atoms with Crippen LogP contribution in [-0.4, -0.2) is 31.9 Å². The van der Waals surface area contributed by atoms with Crippen LogP contribution in [0.5, 0.6) is 0 Å². The van der Waals surface area contributed by atoms with Crippen molar-refractivity contribution in [1.82, 2.24) is 25.5 Å². The highest BCUT2D eigenvalue weighted by atomic mass is 32.2. The van der Waals surface area contributed by atoms with Crippen LogP contribution in [0.3, 0.4) is 0 Å². The van der Waals surface area contributed by atoms with Gasteiger partial charge in [0.25, 0.3) is 0 Å². The van der Waals surface area contributed by atoms with E-state index in [2.05, 4.69) is 51.2 Å². The predicted molar refractivity (Wildman–Crippen MR) is 120 cm³/mol. The van der Waals surface area contributed by atoms with Crippen molar-refractivity contribution in [3.63, 3.8) is 0 Å². The molecule has 0 aliphatic rings. The highest BCUT2D eigenvalue weighted by Gasteiger charge is 2.16. The van der Waals surface area contributed by atoms with Gasteiger partial charge in [-0.1, -0.05) is 71.9 Å².